The summed E-state index contributed by atoms with van der Waals surface area (Å²) in [5.41, 5.74) is -0.575. The van der Waals surface area contributed by atoms with Crippen molar-refractivity contribution in [1.29, 1.82) is 0 Å². The summed E-state index contributed by atoms with van der Waals surface area (Å²) in [6, 6.07) is 3.79. The molecule has 168 valence electrons. The summed E-state index contributed by atoms with van der Waals surface area (Å²) in [6.45, 7) is 2.26. The Morgan fingerprint density at radius 3 is 2.45 bits per heavy atom. The molecule has 3 N–H and O–H groups in total. The Kier molecular flexibility index (Phi) is 6.86. The molecule has 0 bridgehead atoms. The van der Waals surface area contributed by atoms with Crippen LogP contribution < -0.4 is 10.6 Å². The van der Waals surface area contributed by atoms with E-state index < -0.39 is 29.0 Å². The smallest absolute Gasteiger partial charge is 0.271 e. The van der Waals surface area contributed by atoms with Crippen LogP contribution in [0.5, 0.6) is 0 Å². The number of nitrogens with zero attached hydrogens (tertiary/aromatic N) is 2. The van der Waals surface area contributed by atoms with Crippen molar-refractivity contribution in [2.45, 2.75) is 37.8 Å². The van der Waals surface area contributed by atoms with Gasteiger partial charge in [0.15, 0.2) is 0 Å². The van der Waals surface area contributed by atoms with Gasteiger partial charge in [0.05, 0.1) is 11.9 Å². The summed E-state index contributed by atoms with van der Waals surface area (Å²) in [5.74, 6) is -0.971. The fourth-order valence-corrected chi connectivity index (χ4v) is 5.17. The minimum Gasteiger partial charge on any atom is -0.348 e. The second-order valence-electron chi connectivity index (χ2n) is 7.84. The molecule has 0 unspecified atom stereocenters. The van der Waals surface area contributed by atoms with Crippen molar-refractivity contribution in [2.75, 3.05) is 29.9 Å². The lowest BCUT2D eigenvalue weighted by Crippen LogP contribution is -2.46. The lowest BCUT2D eigenvalue weighted by molar-refractivity contribution is 0.0902. The van der Waals surface area contributed by atoms with Crippen LogP contribution in [0.15, 0.2) is 24.4 Å². The minimum absolute atomic E-state index is 0. The highest BCUT2D eigenvalue weighted by atomic mass is 32.2. The van der Waals surface area contributed by atoms with Crippen molar-refractivity contribution >= 4 is 29.3 Å². The van der Waals surface area contributed by atoms with E-state index in [1.165, 1.54) is 23.8 Å². The summed E-state index contributed by atoms with van der Waals surface area (Å²) in [4.78, 5) is 27.6. The molecule has 1 saturated heterocycles. The molecular formula is C21H27F2N5O2S. The fourth-order valence-electron chi connectivity index (χ4n) is 4.24. The topological polar surface area (TPSA) is 90.1 Å². The number of hydrogen-bond acceptors (Lipinski definition) is 5. The van der Waals surface area contributed by atoms with E-state index in [9.17, 15) is 18.4 Å². The van der Waals surface area contributed by atoms with Gasteiger partial charge in [0, 0.05) is 38.1 Å². The second kappa shape index (κ2) is 9.78. The fraction of sp³-hybridized carbons (Fsp3) is 0.476. The molecule has 1 aromatic carbocycles. The molecule has 4 rings (SSSR count). The summed E-state index contributed by atoms with van der Waals surface area (Å²) in [5, 5.41) is 11.7. The number of carbonyl (C=O) groups excluding carboxylic acids is 2. The maximum Gasteiger partial charge on any atom is 0.271 e. The summed E-state index contributed by atoms with van der Waals surface area (Å²) < 4.78 is 27.7. The first-order chi connectivity index (χ1) is 15.0. The third kappa shape index (κ3) is 5.07. The Bertz CT molecular complexity index is 926. The molecule has 0 radical (unpaired) electrons. The molecule has 2 aliphatic rings. The van der Waals surface area contributed by atoms with Gasteiger partial charge in [-0.3, -0.25) is 19.6 Å². The standard InChI is InChI=1S/C21H25F2N5O2S.H2/c22-15-2-1-3-16(23)18(15)20(29)26-17-12-24-27-19(17)21(30)25-13-4-6-14(7-5-13)28-8-10-31-11-9-28;/h1-3,12-14H,4-11H2,(H,24,27)(H,25,30)(H,26,29);1H. The van der Waals surface area contributed by atoms with Gasteiger partial charge in [-0.2, -0.15) is 16.9 Å². The molecule has 2 fully saturated rings. The molecule has 2 aromatic rings. The number of aromatic amines is 1. The van der Waals surface area contributed by atoms with Gasteiger partial charge in [-0.1, -0.05) is 6.07 Å². The zero-order chi connectivity index (χ0) is 21.8. The molecule has 10 heteroatoms. The van der Waals surface area contributed by atoms with Crippen molar-refractivity contribution < 1.29 is 19.8 Å². The molecule has 0 spiro atoms. The maximum absolute atomic E-state index is 13.9. The Labute approximate surface area is 184 Å². The molecule has 0 atom stereocenters. The van der Waals surface area contributed by atoms with E-state index in [1.807, 2.05) is 11.8 Å². The number of hydrogen-bond donors (Lipinski definition) is 3. The van der Waals surface area contributed by atoms with Crippen molar-refractivity contribution in [3.63, 3.8) is 0 Å². The molecule has 2 heterocycles. The number of halogens is 2. The van der Waals surface area contributed by atoms with Crippen LogP contribution in [0.4, 0.5) is 14.5 Å². The molecule has 1 aromatic heterocycles. The van der Waals surface area contributed by atoms with Gasteiger partial charge < -0.3 is 10.6 Å². The van der Waals surface area contributed by atoms with E-state index >= 15 is 0 Å². The zero-order valence-corrected chi connectivity index (χ0v) is 17.8. The SMILES string of the molecule is O=C(NC1CCC(N2CCSCC2)CC1)c1[nH]ncc1NC(=O)c1c(F)cccc1F.[HH]. The normalized spacial score (nSPS) is 22.1. The number of nitrogens with one attached hydrogen (secondary N) is 3. The third-order valence-electron chi connectivity index (χ3n) is 5.90. The minimum atomic E-state index is -0.980. The average Bonchev–Trinajstić information content (AvgIpc) is 3.23. The summed E-state index contributed by atoms with van der Waals surface area (Å²) in [7, 11) is 0. The van der Waals surface area contributed by atoms with E-state index in [1.54, 1.807) is 0 Å². The number of anilines is 1. The lowest BCUT2D eigenvalue weighted by Gasteiger charge is -2.38. The molecular weight excluding hydrogens is 424 g/mol. The monoisotopic (exact) mass is 451 g/mol. The first kappa shape index (κ1) is 21.8. The van der Waals surface area contributed by atoms with Crippen molar-refractivity contribution in [2.24, 2.45) is 0 Å². The number of rotatable bonds is 5. The largest absolute Gasteiger partial charge is 0.348 e. The van der Waals surface area contributed by atoms with Crippen LogP contribution in [0, 0.1) is 11.6 Å². The first-order valence-electron chi connectivity index (χ1n) is 10.4. The molecule has 7 nitrogen and oxygen atoms in total. The van der Waals surface area contributed by atoms with Crippen molar-refractivity contribution in [1.82, 2.24) is 20.4 Å². The number of benzene rings is 1. The summed E-state index contributed by atoms with van der Waals surface area (Å²) in [6.07, 6.45) is 5.09. The number of aromatic nitrogens is 2. The van der Waals surface area contributed by atoms with Crippen LogP contribution in [0.2, 0.25) is 0 Å². The van der Waals surface area contributed by atoms with Gasteiger partial charge in [-0.15, -0.1) is 0 Å². The Morgan fingerprint density at radius 2 is 1.77 bits per heavy atom. The van der Waals surface area contributed by atoms with Gasteiger partial charge in [0.1, 0.15) is 22.9 Å². The quantitative estimate of drug-likeness (QED) is 0.649. The second-order valence-corrected chi connectivity index (χ2v) is 9.06. The van der Waals surface area contributed by atoms with E-state index in [4.69, 9.17) is 0 Å². The highest BCUT2D eigenvalue weighted by Crippen LogP contribution is 2.26. The van der Waals surface area contributed by atoms with Gasteiger partial charge in [-0.05, 0) is 37.8 Å². The van der Waals surface area contributed by atoms with E-state index in [0.717, 1.165) is 50.9 Å². The van der Waals surface area contributed by atoms with Crippen LogP contribution in [-0.2, 0) is 0 Å². The van der Waals surface area contributed by atoms with Crippen LogP contribution in [0.1, 0.15) is 48.0 Å². The Morgan fingerprint density at radius 1 is 1.10 bits per heavy atom. The predicted octanol–water partition coefficient (Wildman–Crippen LogP) is 3.28. The van der Waals surface area contributed by atoms with E-state index in [2.05, 4.69) is 25.7 Å². The Hall–Kier alpha value is -2.46. The van der Waals surface area contributed by atoms with Gasteiger partial charge >= 0.3 is 0 Å². The van der Waals surface area contributed by atoms with Crippen LogP contribution in [-0.4, -0.2) is 63.6 Å². The molecule has 2 amide bonds. The highest BCUT2D eigenvalue weighted by molar-refractivity contribution is 7.99. The maximum atomic E-state index is 13.9. The molecule has 1 aliphatic carbocycles. The number of thioether (sulfide) groups is 1. The third-order valence-corrected chi connectivity index (χ3v) is 6.84. The number of H-pyrrole nitrogens is 1. The van der Waals surface area contributed by atoms with Gasteiger partial charge in [0.25, 0.3) is 11.8 Å². The predicted molar refractivity (Wildman–Crippen MR) is 117 cm³/mol. The molecule has 1 saturated carbocycles. The first-order valence-corrected chi connectivity index (χ1v) is 11.6. The van der Waals surface area contributed by atoms with E-state index in [-0.39, 0.29) is 18.8 Å². The van der Waals surface area contributed by atoms with Crippen LogP contribution in [0.3, 0.4) is 0 Å². The molecule has 31 heavy (non-hydrogen) atoms. The van der Waals surface area contributed by atoms with E-state index in [0.29, 0.717) is 6.04 Å². The molecule has 1 aliphatic heterocycles. The van der Waals surface area contributed by atoms with Crippen molar-refractivity contribution in [3.05, 3.63) is 47.3 Å². The highest BCUT2D eigenvalue weighted by Gasteiger charge is 2.29. The summed E-state index contributed by atoms with van der Waals surface area (Å²) >= 11 is 2.00. The van der Waals surface area contributed by atoms with Gasteiger partial charge in [-0.25, -0.2) is 8.78 Å². The number of carbonyl (C=O) groups is 2. The lowest BCUT2D eigenvalue weighted by atomic mass is 9.90. The average molecular weight is 452 g/mol. The van der Waals surface area contributed by atoms with Crippen molar-refractivity contribution in [3.8, 4) is 0 Å². The number of amides is 2. The van der Waals surface area contributed by atoms with Crippen LogP contribution in [0.25, 0.3) is 0 Å². The van der Waals surface area contributed by atoms with Crippen LogP contribution >= 0.6 is 11.8 Å². The Balaban J connectivity index is 0.00000289. The zero-order valence-electron chi connectivity index (χ0n) is 17.0. The van der Waals surface area contributed by atoms with Gasteiger partial charge in [0.2, 0.25) is 0 Å².